The molecule has 8 heteroatoms. The van der Waals surface area contributed by atoms with E-state index in [1.54, 1.807) is 0 Å². The van der Waals surface area contributed by atoms with Gasteiger partial charge in [0, 0.05) is 25.7 Å². The Hall–Kier alpha value is -2.09. The van der Waals surface area contributed by atoms with Crippen LogP contribution in [0, 0.1) is 6.92 Å². The summed E-state index contributed by atoms with van der Waals surface area (Å²) in [5, 5.41) is 6.44. The van der Waals surface area contributed by atoms with Crippen LogP contribution in [0.15, 0.2) is 29.3 Å². The Labute approximate surface area is 154 Å². The maximum atomic E-state index is 11.6. The largest absolute Gasteiger partial charge is 0.357 e. The van der Waals surface area contributed by atoms with Crippen molar-refractivity contribution in [3.05, 3.63) is 30.1 Å². The number of hydrogen-bond donors (Lipinski definition) is 2. The highest BCUT2D eigenvalue weighted by Crippen LogP contribution is 2.15. The number of aromatic nitrogens is 2. The summed E-state index contributed by atoms with van der Waals surface area (Å²) in [6, 6.07) is 8.10. The molecule has 142 valence electrons. The maximum absolute atomic E-state index is 11.6. The van der Waals surface area contributed by atoms with Crippen LogP contribution in [0.2, 0.25) is 0 Å². The summed E-state index contributed by atoms with van der Waals surface area (Å²) < 4.78 is 25.4. The second kappa shape index (κ2) is 8.07. The number of nitrogens with zero attached hydrogens (tertiary/aromatic N) is 3. The average molecular weight is 378 g/mol. The first-order valence-electron chi connectivity index (χ1n) is 9.15. The lowest BCUT2D eigenvalue weighted by Crippen LogP contribution is -2.44. The van der Waals surface area contributed by atoms with Gasteiger partial charge in [0.1, 0.15) is 5.82 Å². The first-order valence-corrected chi connectivity index (χ1v) is 11.0. The van der Waals surface area contributed by atoms with Gasteiger partial charge in [-0.3, -0.25) is 4.99 Å². The fraction of sp³-hybridized carbons (Fsp3) is 0.556. The van der Waals surface area contributed by atoms with Gasteiger partial charge < -0.3 is 15.2 Å². The number of sulfone groups is 1. The van der Waals surface area contributed by atoms with Crippen LogP contribution in [-0.4, -0.2) is 54.6 Å². The van der Waals surface area contributed by atoms with E-state index in [-0.39, 0.29) is 17.5 Å². The standard InChI is InChI=1S/C18H27N5O2S/c1-3-19-18(22-15-9-12-26(24,25)13-15)20-10-6-11-23-14(2)21-16-7-4-5-8-17(16)23/h4-5,7-8,15H,3,6,9-13H2,1-2H3,(H2,19,20,22). The van der Waals surface area contributed by atoms with Crippen molar-refractivity contribution < 1.29 is 8.42 Å². The Balaban J connectivity index is 1.57. The molecule has 0 radical (unpaired) electrons. The molecule has 2 aromatic rings. The molecule has 1 saturated heterocycles. The lowest BCUT2D eigenvalue weighted by Gasteiger charge is -2.15. The highest BCUT2D eigenvalue weighted by Gasteiger charge is 2.28. The van der Waals surface area contributed by atoms with Crippen LogP contribution >= 0.6 is 0 Å². The lowest BCUT2D eigenvalue weighted by molar-refractivity contribution is 0.599. The van der Waals surface area contributed by atoms with Gasteiger partial charge in [-0.05, 0) is 38.8 Å². The Morgan fingerprint density at radius 1 is 1.38 bits per heavy atom. The number of imidazole rings is 1. The molecule has 1 aromatic heterocycles. The van der Waals surface area contributed by atoms with Crippen LogP contribution in [0.4, 0.5) is 0 Å². The molecule has 1 aliphatic heterocycles. The monoisotopic (exact) mass is 377 g/mol. The zero-order valence-corrected chi connectivity index (χ0v) is 16.2. The lowest BCUT2D eigenvalue weighted by atomic mass is 10.3. The minimum Gasteiger partial charge on any atom is -0.357 e. The van der Waals surface area contributed by atoms with Gasteiger partial charge in [-0.1, -0.05) is 12.1 Å². The van der Waals surface area contributed by atoms with Crippen LogP contribution in [0.3, 0.4) is 0 Å². The number of rotatable bonds is 6. The van der Waals surface area contributed by atoms with E-state index in [0.29, 0.717) is 18.9 Å². The molecule has 1 fully saturated rings. The molecule has 1 unspecified atom stereocenters. The van der Waals surface area contributed by atoms with E-state index in [1.807, 2.05) is 32.0 Å². The zero-order valence-electron chi connectivity index (χ0n) is 15.4. The van der Waals surface area contributed by atoms with Gasteiger partial charge in [-0.15, -0.1) is 0 Å². The fourth-order valence-electron chi connectivity index (χ4n) is 3.32. The SMILES string of the molecule is CCNC(=NCCCn1c(C)nc2ccccc21)NC1CCS(=O)(=O)C1. The number of hydrogen-bond acceptors (Lipinski definition) is 4. The first kappa shape index (κ1) is 18.7. The van der Waals surface area contributed by atoms with Crippen LogP contribution in [-0.2, 0) is 16.4 Å². The molecule has 1 aliphatic rings. The summed E-state index contributed by atoms with van der Waals surface area (Å²) in [5.74, 6) is 2.16. The van der Waals surface area contributed by atoms with Crippen molar-refractivity contribution in [2.24, 2.45) is 4.99 Å². The minimum absolute atomic E-state index is 0.0439. The number of nitrogens with one attached hydrogen (secondary N) is 2. The van der Waals surface area contributed by atoms with Crippen LogP contribution < -0.4 is 10.6 Å². The third-order valence-electron chi connectivity index (χ3n) is 4.57. The summed E-state index contributed by atoms with van der Waals surface area (Å²) in [4.78, 5) is 9.18. The molecule has 1 aromatic carbocycles. The topological polar surface area (TPSA) is 88.4 Å². The van der Waals surface area contributed by atoms with Gasteiger partial charge in [0.2, 0.25) is 0 Å². The van der Waals surface area contributed by atoms with Crippen LogP contribution in [0.1, 0.15) is 25.6 Å². The summed E-state index contributed by atoms with van der Waals surface area (Å²) in [6.07, 6.45) is 1.54. The molecular weight excluding hydrogens is 350 g/mol. The quantitative estimate of drug-likeness (QED) is 0.452. The molecule has 0 bridgehead atoms. The Morgan fingerprint density at radius 3 is 2.92 bits per heavy atom. The second-order valence-corrected chi connectivity index (χ2v) is 8.89. The average Bonchev–Trinajstić information content (AvgIpc) is 3.10. The second-order valence-electron chi connectivity index (χ2n) is 6.66. The molecule has 2 heterocycles. The number of aryl methyl sites for hydroxylation is 2. The summed E-state index contributed by atoms with van der Waals surface area (Å²) in [7, 11) is -2.89. The predicted octanol–water partition coefficient (Wildman–Crippen LogP) is 1.48. The van der Waals surface area contributed by atoms with Gasteiger partial charge in [-0.2, -0.15) is 0 Å². The number of fused-ring (bicyclic) bond motifs is 1. The Kier molecular flexibility index (Phi) is 5.80. The summed E-state index contributed by atoms with van der Waals surface area (Å²) >= 11 is 0. The van der Waals surface area contributed by atoms with E-state index in [1.165, 1.54) is 0 Å². The van der Waals surface area contributed by atoms with E-state index < -0.39 is 9.84 Å². The Bertz CT molecular complexity index is 888. The van der Waals surface area contributed by atoms with E-state index in [9.17, 15) is 8.42 Å². The van der Waals surface area contributed by atoms with Crippen molar-refractivity contribution in [3.63, 3.8) is 0 Å². The molecule has 26 heavy (non-hydrogen) atoms. The minimum atomic E-state index is -2.89. The first-order chi connectivity index (χ1) is 12.5. The molecule has 7 nitrogen and oxygen atoms in total. The molecule has 0 amide bonds. The molecule has 3 rings (SSSR count). The molecule has 0 spiro atoms. The molecule has 1 atom stereocenters. The maximum Gasteiger partial charge on any atom is 0.191 e. The number of benzene rings is 1. The van der Waals surface area contributed by atoms with E-state index >= 15 is 0 Å². The molecule has 0 saturated carbocycles. The van der Waals surface area contributed by atoms with E-state index in [0.717, 1.165) is 36.4 Å². The van der Waals surface area contributed by atoms with Crippen molar-refractivity contribution in [2.45, 2.75) is 39.3 Å². The number of aliphatic imine (C=N–C) groups is 1. The van der Waals surface area contributed by atoms with Crippen molar-refractivity contribution in [2.75, 3.05) is 24.6 Å². The van der Waals surface area contributed by atoms with Gasteiger partial charge in [-0.25, -0.2) is 13.4 Å². The highest BCUT2D eigenvalue weighted by atomic mass is 32.2. The van der Waals surface area contributed by atoms with Gasteiger partial charge in [0.15, 0.2) is 15.8 Å². The van der Waals surface area contributed by atoms with E-state index in [4.69, 9.17) is 0 Å². The van der Waals surface area contributed by atoms with Gasteiger partial charge in [0.05, 0.1) is 22.5 Å². The normalized spacial score (nSPS) is 19.8. The van der Waals surface area contributed by atoms with Crippen LogP contribution in [0.5, 0.6) is 0 Å². The molecule has 2 N–H and O–H groups in total. The Morgan fingerprint density at radius 2 is 2.19 bits per heavy atom. The zero-order chi connectivity index (χ0) is 18.6. The molecular formula is C18H27N5O2S. The van der Waals surface area contributed by atoms with Gasteiger partial charge >= 0.3 is 0 Å². The van der Waals surface area contributed by atoms with Crippen molar-refractivity contribution in [1.82, 2.24) is 20.2 Å². The van der Waals surface area contributed by atoms with Crippen molar-refractivity contribution in [1.29, 1.82) is 0 Å². The highest BCUT2D eigenvalue weighted by molar-refractivity contribution is 7.91. The summed E-state index contributed by atoms with van der Waals surface area (Å²) in [6.45, 7) is 6.30. The molecule has 0 aliphatic carbocycles. The predicted molar refractivity (Wildman–Crippen MR) is 105 cm³/mol. The third-order valence-corrected chi connectivity index (χ3v) is 6.34. The van der Waals surface area contributed by atoms with Crippen molar-refractivity contribution in [3.8, 4) is 0 Å². The van der Waals surface area contributed by atoms with Crippen molar-refractivity contribution >= 4 is 26.8 Å². The summed E-state index contributed by atoms with van der Waals surface area (Å²) in [5.41, 5.74) is 2.17. The van der Waals surface area contributed by atoms with Gasteiger partial charge in [0.25, 0.3) is 0 Å². The van der Waals surface area contributed by atoms with Crippen LogP contribution in [0.25, 0.3) is 11.0 Å². The smallest absolute Gasteiger partial charge is 0.191 e. The number of para-hydroxylation sites is 2. The van der Waals surface area contributed by atoms with E-state index in [2.05, 4.69) is 31.2 Å². The number of guanidine groups is 1. The third kappa shape index (κ3) is 4.55. The fourth-order valence-corrected chi connectivity index (χ4v) is 4.99.